The molecule has 0 saturated carbocycles. The van der Waals surface area contributed by atoms with Crippen LogP contribution in [0, 0.1) is 0 Å². The van der Waals surface area contributed by atoms with E-state index in [2.05, 4.69) is 31.3 Å². The van der Waals surface area contributed by atoms with Gasteiger partial charge < -0.3 is 20.6 Å². The Labute approximate surface area is 299 Å². The molecule has 3 unspecified atom stereocenters. The van der Waals surface area contributed by atoms with Crippen LogP contribution in [-0.4, -0.2) is 46.1 Å². The number of aliphatic hydroxyl groups excluding tert-OH is 3. The van der Waals surface area contributed by atoms with Crippen molar-refractivity contribution in [3.63, 3.8) is 0 Å². The number of carbonyl (C=O) groups is 1. The minimum atomic E-state index is -1.08. The van der Waals surface area contributed by atoms with Gasteiger partial charge in [-0.25, -0.2) is 0 Å². The third kappa shape index (κ3) is 33.6. The smallest absolute Gasteiger partial charge is 0.249 e. The fourth-order valence-corrected chi connectivity index (χ4v) is 6.72. The van der Waals surface area contributed by atoms with Gasteiger partial charge in [0.1, 0.15) is 6.10 Å². The molecule has 0 bridgehead atoms. The molecule has 3 atom stereocenters. The van der Waals surface area contributed by atoms with Gasteiger partial charge in [0.2, 0.25) is 5.91 Å². The van der Waals surface area contributed by atoms with Gasteiger partial charge >= 0.3 is 0 Å². The third-order valence-corrected chi connectivity index (χ3v) is 10.1. The van der Waals surface area contributed by atoms with E-state index in [4.69, 9.17) is 0 Å². The molecule has 0 fully saturated rings. The van der Waals surface area contributed by atoms with Gasteiger partial charge in [-0.05, 0) is 38.5 Å². The summed E-state index contributed by atoms with van der Waals surface area (Å²) in [6, 6.07) is -0.710. The van der Waals surface area contributed by atoms with Gasteiger partial charge in [0.15, 0.2) is 0 Å². The lowest BCUT2D eigenvalue weighted by molar-refractivity contribution is -0.131. The standard InChI is InChI=1S/C43H85NO4/c1-3-5-7-9-11-13-15-17-19-21-22-24-25-27-29-31-33-35-37-41(46)40(39-45)44-43(48)42(47)38-36-34-32-30-28-26-23-20-18-16-14-12-10-8-6-4-2/h18,20,40-42,45-47H,3-17,19,21-39H2,1-2H3,(H,44,48)/b20-18-. The number of unbranched alkanes of at least 4 members (excludes halogenated alkanes) is 29. The second kappa shape index (κ2) is 38.9. The highest BCUT2D eigenvalue weighted by atomic mass is 16.3. The molecule has 0 spiro atoms. The van der Waals surface area contributed by atoms with Crippen LogP contribution in [0.1, 0.15) is 232 Å². The lowest BCUT2D eigenvalue weighted by Crippen LogP contribution is -2.49. The molecule has 286 valence electrons. The molecule has 0 aliphatic heterocycles. The Hall–Kier alpha value is -0.910. The first-order valence-electron chi connectivity index (χ1n) is 21.5. The van der Waals surface area contributed by atoms with Gasteiger partial charge in [0.25, 0.3) is 0 Å². The Kier molecular flexibility index (Phi) is 38.1. The molecule has 5 nitrogen and oxygen atoms in total. The minimum Gasteiger partial charge on any atom is -0.394 e. The second-order valence-corrected chi connectivity index (χ2v) is 14.9. The van der Waals surface area contributed by atoms with Crippen molar-refractivity contribution in [2.45, 2.75) is 250 Å². The SMILES string of the molecule is CCCCCCCC/C=C\CCCCCCCCC(O)C(=O)NC(CO)C(O)CCCCCCCCCCCCCCCCCCCC. The molecule has 0 aliphatic carbocycles. The van der Waals surface area contributed by atoms with E-state index in [1.807, 2.05) is 0 Å². The first-order chi connectivity index (χ1) is 23.6. The highest BCUT2D eigenvalue weighted by Gasteiger charge is 2.23. The maximum atomic E-state index is 12.5. The molecule has 48 heavy (non-hydrogen) atoms. The van der Waals surface area contributed by atoms with Crippen molar-refractivity contribution in [1.82, 2.24) is 5.32 Å². The molecule has 0 aromatic carbocycles. The first-order valence-corrected chi connectivity index (χ1v) is 21.5. The van der Waals surface area contributed by atoms with Gasteiger partial charge in [-0.2, -0.15) is 0 Å². The first kappa shape index (κ1) is 47.1. The zero-order chi connectivity index (χ0) is 35.2. The Morgan fingerprint density at radius 3 is 1.15 bits per heavy atom. The summed E-state index contributed by atoms with van der Waals surface area (Å²) in [6.45, 7) is 4.23. The second-order valence-electron chi connectivity index (χ2n) is 14.9. The number of hydrogen-bond acceptors (Lipinski definition) is 4. The summed E-state index contributed by atoms with van der Waals surface area (Å²) < 4.78 is 0. The van der Waals surface area contributed by atoms with Crippen LogP contribution in [0.15, 0.2) is 12.2 Å². The van der Waals surface area contributed by atoms with Gasteiger partial charge in [-0.1, -0.05) is 206 Å². The van der Waals surface area contributed by atoms with Crippen molar-refractivity contribution in [3.8, 4) is 0 Å². The van der Waals surface area contributed by atoms with Crippen LogP contribution in [0.4, 0.5) is 0 Å². The van der Waals surface area contributed by atoms with Crippen LogP contribution >= 0.6 is 0 Å². The van der Waals surface area contributed by atoms with Crippen molar-refractivity contribution in [1.29, 1.82) is 0 Å². The zero-order valence-corrected chi connectivity index (χ0v) is 32.4. The van der Waals surface area contributed by atoms with E-state index in [0.717, 1.165) is 32.1 Å². The number of amides is 1. The lowest BCUT2D eigenvalue weighted by Gasteiger charge is -2.23. The molecule has 0 rings (SSSR count). The Morgan fingerprint density at radius 1 is 0.479 bits per heavy atom. The average Bonchev–Trinajstić information content (AvgIpc) is 3.09. The summed E-state index contributed by atoms with van der Waals surface area (Å²) in [5.41, 5.74) is 0. The molecule has 0 heterocycles. The van der Waals surface area contributed by atoms with E-state index in [-0.39, 0.29) is 6.61 Å². The Bertz CT molecular complexity index is 669. The normalized spacial score (nSPS) is 13.7. The van der Waals surface area contributed by atoms with Gasteiger partial charge in [0, 0.05) is 0 Å². The Balaban J connectivity index is 3.62. The highest BCUT2D eigenvalue weighted by Crippen LogP contribution is 2.16. The number of nitrogens with one attached hydrogen (secondary N) is 1. The van der Waals surface area contributed by atoms with Crippen LogP contribution in [0.25, 0.3) is 0 Å². The molecule has 4 N–H and O–H groups in total. The minimum absolute atomic E-state index is 0.313. The summed E-state index contributed by atoms with van der Waals surface area (Å²) in [7, 11) is 0. The van der Waals surface area contributed by atoms with Crippen molar-refractivity contribution >= 4 is 5.91 Å². The number of rotatable bonds is 39. The molecule has 1 amide bonds. The topological polar surface area (TPSA) is 89.8 Å². The monoisotopic (exact) mass is 680 g/mol. The quantitative estimate of drug-likeness (QED) is 0.0384. The lowest BCUT2D eigenvalue weighted by atomic mass is 10.0. The molecule has 5 heteroatoms. The van der Waals surface area contributed by atoms with Crippen LogP contribution in [0.5, 0.6) is 0 Å². The predicted molar refractivity (Wildman–Crippen MR) is 208 cm³/mol. The van der Waals surface area contributed by atoms with Gasteiger partial charge in [0.05, 0.1) is 18.8 Å². The van der Waals surface area contributed by atoms with Crippen LogP contribution in [0.2, 0.25) is 0 Å². The van der Waals surface area contributed by atoms with Crippen LogP contribution < -0.4 is 5.32 Å². The van der Waals surface area contributed by atoms with E-state index >= 15 is 0 Å². The van der Waals surface area contributed by atoms with Crippen LogP contribution in [-0.2, 0) is 4.79 Å². The average molecular weight is 680 g/mol. The van der Waals surface area contributed by atoms with Crippen LogP contribution in [0.3, 0.4) is 0 Å². The summed E-state index contributed by atoms with van der Waals surface area (Å²) in [6.07, 6.45) is 44.9. The van der Waals surface area contributed by atoms with Crippen molar-refractivity contribution in [3.05, 3.63) is 12.2 Å². The molecule has 0 aliphatic rings. The summed E-state index contributed by atoms with van der Waals surface area (Å²) >= 11 is 0. The largest absolute Gasteiger partial charge is 0.394 e. The number of hydrogen-bond donors (Lipinski definition) is 4. The van der Waals surface area contributed by atoms with Gasteiger partial charge in [-0.3, -0.25) is 4.79 Å². The maximum Gasteiger partial charge on any atom is 0.249 e. The van der Waals surface area contributed by atoms with E-state index in [9.17, 15) is 20.1 Å². The molecular formula is C43H85NO4. The fraction of sp³-hybridized carbons (Fsp3) is 0.930. The highest BCUT2D eigenvalue weighted by molar-refractivity contribution is 5.80. The fourth-order valence-electron chi connectivity index (χ4n) is 6.72. The van der Waals surface area contributed by atoms with E-state index in [0.29, 0.717) is 12.8 Å². The summed E-state index contributed by atoms with van der Waals surface area (Å²) in [5.74, 6) is -0.473. The molecule has 0 aromatic rings. The molecule has 0 saturated heterocycles. The number of carbonyl (C=O) groups excluding carboxylic acids is 1. The van der Waals surface area contributed by atoms with Crippen molar-refractivity contribution < 1.29 is 20.1 Å². The number of aliphatic hydroxyl groups is 3. The van der Waals surface area contributed by atoms with Crippen molar-refractivity contribution in [2.75, 3.05) is 6.61 Å². The van der Waals surface area contributed by atoms with Gasteiger partial charge in [-0.15, -0.1) is 0 Å². The van der Waals surface area contributed by atoms with E-state index < -0.39 is 24.2 Å². The molecule has 0 aromatic heterocycles. The van der Waals surface area contributed by atoms with Crippen molar-refractivity contribution in [2.24, 2.45) is 0 Å². The van der Waals surface area contributed by atoms with E-state index in [1.54, 1.807) is 0 Å². The third-order valence-electron chi connectivity index (χ3n) is 10.1. The summed E-state index contributed by atoms with van der Waals surface area (Å²) in [5, 5.41) is 33.3. The predicted octanol–water partition coefficient (Wildman–Crippen LogP) is 12.0. The maximum absolute atomic E-state index is 12.5. The van der Waals surface area contributed by atoms with E-state index in [1.165, 1.54) is 173 Å². The molecule has 0 radical (unpaired) electrons. The molecular weight excluding hydrogens is 594 g/mol. The number of allylic oxidation sites excluding steroid dienone is 2. The zero-order valence-electron chi connectivity index (χ0n) is 32.4. The Morgan fingerprint density at radius 2 is 0.792 bits per heavy atom. The summed E-state index contributed by atoms with van der Waals surface area (Å²) in [4.78, 5) is 12.5.